The molecule has 1 heterocycles. The molecule has 3 atom stereocenters. The van der Waals surface area contributed by atoms with Crippen LogP contribution in [-0.2, 0) is 0 Å². The SMILES string of the molecule is c1ccc2c(C3CC4CCC3C4)nccc2c1. The third kappa shape index (κ3) is 1.41. The Morgan fingerprint density at radius 1 is 1.00 bits per heavy atom. The zero-order chi connectivity index (χ0) is 11.2. The number of rotatable bonds is 1. The molecule has 1 aromatic carbocycles. The van der Waals surface area contributed by atoms with E-state index in [0.29, 0.717) is 0 Å². The predicted octanol–water partition coefficient (Wildman–Crippen LogP) is 4.14. The molecule has 2 aromatic rings. The average Bonchev–Trinajstić information content (AvgIpc) is 3.00. The third-order valence-corrected chi connectivity index (χ3v) is 4.79. The second kappa shape index (κ2) is 3.56. The Balaban J connectivity index is 1.85. The monoisotopic (exact) mass is 223 g/mol. The lowest BCUT2D eigenvalue weighted by Crippen LogP contribution is -2.10. The number of nitrogens with zero attached hydrogens (tertiary/aromatic N) is 1. The van der Waals surface area contributed by atoms with Crippen LogP contribution in [0.1, 0.15) is 37.3 Å². The fourth-order valence-corrected chi connectivity index (χ4v) is 4.02. The zero-order valence-electron chi connectivity index (χ0n) is 9.97. The first-order chi connectivity index (χ1) is 8.42. The molecule has 2 aliphatic carbocycles. The quantitative estimate of drug-likeness (QED) is 0.708. The third-order valence-electron chi connectivity index (χ3n) is 4.79. The summed E-state index contributed by atoms with van der Waals surface area (Å²) in [5.41, 5.74) is 1.37. The lowest BCUT2D eigenvalue weighted by molar-refractivity contribution is 0.415. The maximum atomic E-state index is 4.71. The molecular weight excluding hydrogens is 206 g/mol. The normalized spacial score (nSPS) is 31.2. The Morgan fingerprint density at radius 3 is 2.76 bits per heavy atom. The van der Waals surface area contributed by atoms with Crippen LogP contribution in [0.2, 0.25) is 0 Å². The minimum atomic E-state index is 0.736. The second-order valence-corrected chi connectivity index (χ2v) is 5.70. The minimum absolute atomic E-state index is 0.736. The standard InChI is InChI=1S/C16H17N/c1-2-4-14-12(3-1)7-8-17-16(14)15-10-11-5-6-13(15)9-11/h1-4,7-8,11,13,15H,5-6,9-10H2. The molecular formula is C16H17N. The van der Waals surface area contributed by atoms with E-state index in [-0.39, 0.29) is 0 Å². The fourth-order valence-electron chi connectivity index (χ4n) is 4.02. The van der Waals surface area contributed by atoms with E-state index in [2.05, 4.69) is 30.3 Å². The van der Waals surface area contributed by atoms with Gasteiger partial charge in [0.05, 0.1) is 5.69 Å². The largest absolute Gasteiger partial charge is 0.260 e. The molecule has 1 nitrogen and oxygen atoms in total. The Bertz CT molecular complexity index is 555. The summed E-state index contributed by atoms with van der Waals surface area (Å²) in [6.45, 7) is 0. The van der Waals surface area contributed by atoms with E-state index in [1.807, 2.05) is 6.20 Å². The number of aromatic nitrogens is 1. The van der Waals surface area contributed by atoms with E-state index in [4.69, 9.17) is 4.98 Å². The van der Waals surface area contributed by atoms with Crippen LogP contribution in [0.5, 0.6) is 0 Å². The lowest BCUT2D eigenvalue weighted by atomic mass is 9.84. The Labute approximate surface area is 102 Å². The Hall–Kier alpha value is -1.37. The van der Waals surface area contributed by atoms with Gasteiger partial charge >= 0.3 is 0 Å². The molecule has 4 rings (SSSR count). The van der Waals surface area contributed by atoms with Gasteiger partial charge in [0.15, 0.2) is 0 Å². The van der Waals surface area contributed by atoms with Crippen molar-refractivity contribution in [3.8, 4) is 0 Å². The summed E-state index contributed by atoms with van der Waals surface area (Å²) in [6, 6.07) is 10.8. The van der Waals surface area contributed by atoms with E-state index < -0.39 is 0 Å². The number of fused-ring (bicyclic) bond motifs is 3. The zero-order valence-corrected chi connectivity index (χ0v) is 9.97. The molecule has 2 fully saturated rings. The van der Waals surface area contributed by atoms with Crippen LogP contribution in [-0.4, -0.2) is 4.98 Å². The van der Waals surface area contributed by atoms with Gasteiger partial charge in [0.1, 0.15) is 0 Å². The molecule has 1 heteroatoms. The van der Waals surface area contributed by atoms with Crippen molar-refractivity contribution < 1.29 is 0 Å². The maximum Gasteiger partial charge on any atom is 0.0515 e. The van der Waals surface area contributed by atoms with Crippen molar-refractivity contribution in [1.29, 1.82) is 0 Å². The van der Waals surface area contributed by atoms with Gasteiger partial charge in [-0.15, -0.1) is 0 Å². The van der Waals surface area contributed by atoms with Gasteiger partial charge in [-0.25, -0.2) is 0 Å². The summed E-state index contributed by atoms with van der Waals surface area (Å²) in [7, 11) is 0. The average molecular weight is 223 g/mol. The van der Waals surface area contributed by atoms with Crippen molar-refractivity contribution >= 4 is 10.8 Å². The molecule has 2 saturated carbocycles. The van der Waals surface area contributed by atoms with Gasteiger partial charge in [0, 0.05) is 17.5 Å². The van der Waals surface area contributed by atoms with Crippen LogP contribution >= 0.6 is 0 Å². The molecule has 0 radical (unpaired) electrons. The molecule has 0 saturated heterocycles. The number of hydrogen-bond acceptors (Lipinski definition) is 1. The van der Waals surface area contributed by atoms with Crippen LogP contribution in [0.25, 0.3) is 10.8 Å². The molecule has 86 valence electrons. The van der Waals surface area contributed by atoms with Gasteiger partial charge < -0.3 is 0 Å². The van der Waals surface area contributed by atoms with Crippen LogP contribution < -0.4 is 0 Å². The summed E-state index contributed by atoms with van der Waals surface area (Å²) in [5.74, 6) is 2.64. The Morgan fingerprint density at radius 2 is 1.94 bits per heavy atom. The van der Waals surface area contributed by atoms with Gasteiger partial charge in [-0.2, -0.15) is 0 Å². The summed E-state index contributed by atoms with van der Waals surface area (Å²) in [5, 5.41) is 2.73. The van der Waals surface area contributed by atoms with Crippen molar-refractivity contribution in [1.82, 2.24) is 4.98 Å². The highest BCUT2D eigenvalue weighted by molar-refractivity contribution is 5.84. The molecule has 2 bridgehead atoms. The Kier molecular flexibility index (Phi) is 2.02. The molecule has 2 aliphatic rings. The molecule has 3 unspecified atom stereocenters. The second-order valence-electron chi connectivity index (χ2n) is 5.70. The topological polar surface area (TPSA) is 12.9 Å². The summed E-state index contributed by atoms with van der Waals surface area (Å²) in [6.07, 6.45) is 7.72. The number of benzene rings is 1. The van der Waals surface area contributed by atoms with Gasteiger partial charge in [0.25, 0.3) is 0 Å². The van der Waals surface area contributed by atoms with E-state index in [1.165, 1.54) is 42.1 Å². The van der Waals surface area contributed by atoms with Crippen molar-refractivity contribution in [2.75, 3.05) is 0 Å². The van der Waals surface area contributed by atoms with Crippen molar-refractivity contribution in [2.24, 2.45) is 11.8 Å². The smallest absolute Gasteiger partial charge is 0.0515 e. The predicted molar refractivity (Wildman–Crippen MR) is 69.9 cm³/mol. The number of pyridine rings is 1. The van der Waals surface area contributed by atoms with Crippen LogP contribution in [0, 0.1) is 11.8 Å². The van der Waals surface area contributed by atoms with Gasteiger partial charge in [-0.05, 0) is 42.6 Å². The summed E-state index contributed by atoms with van der Waals surface area (Å²) in [4.78, 5) is 4.71. The molecule has 17 heavy (non-hydrogen) atoms. The van der Waals surface area contributed by atoms with Gasteiger partial charge in [-0.1, -0.05) is 30.7 Å². The van der Waals surface area contributed by atoms with E-state index in [0.717, 1.165) is 17.8 Å². The van der Waals surface area contributed by atoms with E-state index >= 15 is 0 Å². The number of hydrogen-bond donors (Lipinski definition) is 0. The van der Waals surface area contributed by atoms with Gasteiger partial charge in [0.2, 0.25) is 0 Å². The molecule has 0 spiro atoms. The van der Waals surface area contributed by atoms with Crippen LogP contribution in [0.15, 0.2) is 36.5 Å². The van der Waals surface area contributed by atoms with Gasteiger partial charge in [-0.3, -0.25) is 4.98 Å². The first-order valence-corrected chi connectivity index (χ1v) is 6.75. The molecule has 1 aromatic heterocycles. The fraction of sp³-hybridized carbons (Fsp3) is 0.438. The van der Waals surface area contributed by atoms with E-state index in [1.54, 1.807) is 0 Å². The molecule has 0 N–H and O–H groups in total. The highest BCUT2D eigenvalue weighted by Crippen LogP contribution is 2.53. The highest BCUT2D eigenvalue weighted by Gasteiger charge is 2.41. The maximum absolute atomic E-state index is 4.71. The molecule has 0 aliphatic heterocycles. The van der Waals surface area contributed by atoms with E-state index in [9.17, 15) is 0 Å². The molecule has 0 amide bonds. The lowest BCUT2D eigenvalue weighted by Gasteiger charge is -2.22. The first-order valence-electron chi connectivity index (χ1n) is 6.75. The first kappa shape index (κ1) is 9.64. The van der Waals surface area contributed by atoms with Crippen molar-refractivity contribution in [3.05, 3.63) is 42.2 Å². The van der Waals surface area contributed by atoms with Crippen LogP contribution in [0.3, 0.4) is 0 Å². The van der Waals surface area contributed by atoms with Crippen molar-refractivity contribution in [3.63, 3.8) is 0 Å². The summed E-state index contributed by atoms with van der Waals surface area (Å²) < 4.78 is 0. The van der Waals surface area contributed by atoms with Crippen molar-refractivity contribution in [2.45, 2.75) is 31.6 Å². The van der Waals surface area contributed by atoms with Crippen LogP contribution in [0.4, 0.5) is 0 Å². The minimum Gasteiger partial charge on any atom is -0.260 e. The highest BCUT2D eigenvalue weighted by atomic mass is 14.7. The summed E-state index contributed by atoms with van der Waals surface area (Å²) >= 11 is 0.